The lowest BCUT2D eigenvalue weighted by Crippen LogP contribution is -1.85. The third-order valence-electron chi connectivity index (χ3n) is 3.65. The van der Waals surface area contributed by atoms with Gasteiger partial charge in [0, 0.05) is 5.69 Å². The molecule has 0 aliphatic heterocycles. The molecule has 0 radical (unpaired) electrons. The van der Waals surface area contributed by atoms with Crippen LogP contribution in [-0.2, 0) is 0 Å². The highest BCUT2D eigenvalue weighted by molar-refractivity contribution is 5.99. The normalized spacial score (nSPS) is 11.2. The summed E-state index contributed by atoms with van der Waals surface area (Å²) in [5.41, 5.74) is 8.87. The fourth-order valence-corrected chi connectivity index (χ4v) is 2.65. The molecule has 0 unspecified atom stereocenters. The number of hydrogen-bond donors (Lipinski definition) is 3. The fraction of sp³-hybridized carbons (Fsp3) is 0. The first-order chi connectivity index (χ1) is 10.2. The molecule has 4 N–H and O–H groups in total. The Morgan fingerprint density at radius 3 is 2.76 bits per heavy atom. The predicted molar refractivity (Wildman–Crippen MR) is 85.1 cm³/mol. The number of rotatable bonds is 1. The van der Waals surface area contributed by atoms with E-state index in [0.717, 1.165) is 21.8 Å². The van der Waals surface area contributed by atoms with Gasteiger partial charge in [-0.05, 0) is 35.0 Å². The molecule has 4 nitrogen and oxygen atoms in total. The number of nitrogens with zero attached hydrogens (tertiary/aromatic N) is 1. The second-order valence-corrected chi connectivity index (χ2v) is 5.04. The third kappa shape index (κ3) is 1.80. The molecule has 0 saturated heterocycles. The lowest BCUT2D eigenvalue weighted by molar-refractivity contribution is 0.477. The Morgan fingerprint density at radius 2 is 1.86 bits per heavy atom. The minimum atomic E-state index is 0.209. The van der Waals surface area contributed by atoms with Crippen molar-refractivity contribution in [1.82, 2.24) is 9.97 Å². The largest absolute Gasteiger partial charge is 0.507 e. The summed E-state index contributed by atoms with van der Waals surface area (Å²) in [6.07, 6.45) is 0. The number of H-pyrrole nitrogens is 1. The Morgan fingerprint density at radius 1 is 1.00 bits per heavy atom. The number of nitrogens with two attached hydrogens (primary N) is 1. The van der Waals surface area contributed by atoms with Gasteiger partial charge in [-0.25, -0.2) is 4.98 Å². The van der Waals surface area contributed by atoms with Gasteiger partial charge in [-0.15, -0.1) is 0 Å². The summed E-state index contributed by atoms with van der Waals surface area (Å²) >= 11 is 0. The molecule has 0 atom stereocenters. The van der Waals surface area contributed by atoms with Crippen LogP contribution in [0.4, 0.5) is 5.69 Å². The lowest BCUT2D eigenvalue weighted by atomic mass is 10.0. The van der Waals surface area contributed by atoms with Crippen LogP contribution in [0.2, 0.25) is 0 Å². The topological polar surface area (TPSA) is 74.9 Å². The van der Waals surface area contributed by atoms with Gasteiger partial charge in [0.1, 0.15) is 11.6 Å². The van der Waals surface area contributed by atoms with Crippen LogP contribution in [0.25, 0.3) is 33.2 Å². The number of imidazole rings is 1. The highest BCUT2D eigenvalue weighted by atomic mass is 16.3. The van der Waals surface area contributed by atoms with Crippen LogP contribution < -0.4 is 5.73 Å². The number of aromatic hydroxyl groups is 1. The number of anilines is 1. The molecule has 1 aromatic heterocycles. The van der Waals surface area contributed by atoms with Crippen molar-refractivity contribution in [3.05, 3.63) is 54.6 Å². The molecule has 0 bridgehead atoms. The summed E-state index contributed by atoms with van der Waals surface area (Å²) in [6.45, 7) is 0. The van der Waals surface area contributed by atoms with Crippen molar-refractivity contribution in [3.8, 4) is 17.1 Å². The summed E-state index contributed by atoms with van der Waals surface area (Å²) < 4.78 is 0. The standard InChI is InChI=1S/C17H13N3O/c18-11-6-7-13-14(9-11)20-17(19-13)16-12-4-2-1-3-10(12)5-8-15(16)21/h1-9,21H,18H2,(H,19,20). The molecule has 0 aliphatic rings. The minimum absolute atomic E-state index is 0.209. The number of benzene rings is 3. The van der Waals surface area contributed by atoms with Gasteiger partial charge < -0.3 is 15.8 Å². The highest BCUT2D eigenvalue weighted by Crippen LogP contribution is 2.35. The van der Waals surface area contributed by atoms with Gasteiger partial charge in [-0.3, -0.25) is 0 Å². The Balaban J connectivity index is 2.05. The number of phenols is 1. The molecule has 3 aromatic carbocycles. The van der Waals surface area contributed by atoms with E-state index in [1.807, 2.05) is 48.5 Å². The number of hydrogen-bond acceptors (Lipinski definition) is 3. The van der Waals surface area contributed by atoms with Gasteiger partial charge in [0.2, 0.25) is 0 Å². The maximum absolute atomic E-state index is 10.3. The van der Waals surface area contributed by atoms with Crippen molar-refractivity contribution >= 4 is 27.5 Å². The van der Waals surface area contributed by atoms with Crippen molar-refractivity contribution < 1.29 is 5.11 Å². The van der Waals surface area contributed by atoms with Crippen molar-refractivity contribution in [1.29, 1.82) is 0 Å². The molecule has 0 fully saturated rings. The van der Waals surface area contributed by atoms with Crippen LogP contribution in [-0.4, -0.2) is 15.1 Å². The second-order valence-electron chi connectivity index (χ2n) is 5.04. The Bertz CT molecular complexity index is 972. The van der Waals surface area contributed by atoms with Gasteiger partial charge >= 0.3 is 0 Å². The zero-order chi connectivity index (χ0) is 14.4. The van der Waals surface area contributed by atoms with E-state index >= 15 is 0 Å². The summed E-state index contributed by atoms with van der Waals surface area (Å²) in [5, 5.41) is 12.3. The first-order valence-electron chi connectivity index (χ1n) is 6.69. The summed E-state index contributed by atoms with van der Waals surface area (Å²) in [5.74, 6) is 0.852. The Kier molecular flexibility index (Phi) is 2.38. The highest BCUT2D eigenvalue weighted by Gasteiger charge is 2.13. The van der Waals surface area contributed by atoms with E-state index in [9.17, 15) is 5.11 Å². The van der Waals surface area contributed by atoms with Crippen LogP contribution in [0.3, 0.4) is 0 Å². The van der Waals surface area contributed by atoms with Crippen LogP contribution in [0.15, 0.2) is 54.6 Å². The van der Waals surface area contributed by atoms with E-state index in [1.54, 1.807) is 6.07 Å². The summed E-state index contributed by atoms with van der Waals surface area (Å²) in [6, 6.07) is 17.0. The first kappa shape index (κ1) is 11.8. The summed E-state index contributed by atoms with van der Waals surface area (Å²) in [7, 11) is 0. The predicted octanol–water partition coefficient (Wildman–Crippen LogP) is 3.67. The van der Waals surface area contributed by atoms with E-state index in [1.165, 1.54) is 0 Å². The van der Waals surface area contributed by atoms with E-state index < -0.39 is 0 Å². The molecule has 0 spiro atoms. The number of fused-ring (bicyclic) bond motifs is 2. The van der Waals surface area contributed by atoms with Gasteiger partial charge in [0.15, 0.2) is 0 Å². The molecular formula is C17H13N3O. The monoisotopic (exact) mass is 275 g/mol. The molecule has 0 saturated carbocycles. The zero-order valence-electron chi connectivity index (χ0n) is 11.2. The van der Waals surface area contributed by atoms with Gasteiger partial charge in [0.25, 0.3) is 0 Å². The lowest BCUT2D eigenvalue weighted by Gasteiger charge is -2.06. The summed E-state index contributed by atoms with van der Waals surface area (Å²) in [4.78, 5) is 7.80. The van der Waals surface area contributed by atoms with Crippen LogP contribution in [0, 0.1) is 0 Å². The first-order valence-corrected chi connectivity index (χ1v) is 6.69. The Labute approximate surface area is 120 Å². The average Bonchev–Trinajstić information content (AvgIpc) is 2.89. The quantitative estimate of drug-likeness (QED) is 0.464. The van der Waals surface area contributed by atoms with Crippen molar-refractivity contribution in [2.24, 2.45) is 0 Å². The van der Waals surface area contributed by atoms with Gasteiger partial charge in [-0.2, -0.15) is 0 Å². The van der Waals surface area contributed by atoms with Crippen molar-refractivity contribution in [2.75, 3.05) is 5.73 Å². The second kappa shape index (κ2) is 4.24. The number of aromatic nitrogens is 2. The average molecular weight is 275 g/mol. The van der Waals surface area contributed by atoms with E-state index in [-0.39, 0.29) is 5.75 Å². The van der Waals surface area contributed by atoms with E-state index in [2.05, 4.69) is 9.97 Å². The third-order valence-corrected chi connectivity index (χ3v) is 3.65. The molecule has 1 heterocycles. The molecule has 0 amide bonds. The smallest absolute Gasteiger partial charge is 0.142 e. The zero-order valence-corrected chi connectivity index (χ0v) is 11.2. The number of nitrogens with one attached hydrogen (secondary N) is 1. The molecule has 102 valence electrons. The number of phenolic OH excluding ortho intramolecular Hbond substituents is 1. The molecule has 0 aliphatic carbocycles. The molecule has 4 aromatic rings. The SMILES string of the molecule is Nc1ccc2nc(-c3c(O)ccc4ccccc34)[nH]c2c1. The maximum Gasteiger partial charge on any atom is 0.142 e. The molecular weight excluding hydrogens is 262 g/mol. The number of nitrogen functional groups attached to an aromatic ring is 1. The molecule has 4 rings (SSSR count). The van der Waals surface area contributed by atoms with Crippen LogP contribution in [0.1, 0.15) is 0 Å². The molecule has 21 heavy (non-hydrogen) atoms. The van der Waals surface area contributed by atoms with E-state index in [4.69, 9.17) is 5.73 Å². The van der Waals surface area contributed by atoms with Crippen molar-refractivity contribution in [2.45, 2.75) is 0 Å². The fourth-order valence-electron chi connectivity index (χ4n) is 2.65. The van der Waals surface area contributed by atoms with Gasteiger partial charge in [0.05, 0.1) is 16.6 Å². The van der Waals surface area contributed by atoms with Crippen molar-refractivity contribution in [3.63, 3.8) is 0 Å². The van der Waals surface area contributed by atoms with E-state index in [0.29, 0.717) is 17.1 Å². The maximum atomic E-state index is 10.3. The minimum Gasteiger partial charge on any atom is -0.507 e. The van der Waals surface area contributed by atoms with Gasteiger partial charge in [-0.1, -0.05) is 30.3 Å². The number of aromatic amines is 1. The Hall–Kier alpha value is -3.01. The van der Waals surface area contributed by atoms with Crippen LogP contribution in [0.5, 0.6) is 5.75 Å². The molecule has 4 heteroatoms. The van der Waals surface area contributed by atoms with Crippen LogP contribution >= 0.6 is 0 Å².